The van der Waals surface area contributed by atoms with E-state index in [-0.39, 0.29) is 5.75 Å². The van der Waals surface area contributed by atoms with Gasteiger partial charge in [-0.3, -0.25) is 9.12 Å². The van der Waals surface area contributed by atoms with E-state index in [4.69, 9.17) is 9.15 Å². The molecule has 0 fully saturated rings. The Balaban J connectivity index is 1.28. The molecule has 0 amide bonds. The number of imidazole rings is 1. The highest BCUT2D eigenvalue weighted by atomic mass is 32.2. The molecule has 0 atom stereocenters. The Kier molecular flexibility index (Phi) is 7.20. The number of ether oxygens (including phenoxy) is 1. The number of hydrogen-bond donors (Lipinski definition) is 2. The minimum Gasteiger partial charge on any atom is -0.494 e. The van der Waals surface area contributed by atoms with Crippen LogP contribution in [0.1, 0.15) is 5.56 Å². The predicted molar refractivity (Wildman–Crippen MR) is 134 cm³/mol. The van der Waals surface area contributed by atoms with Crippen molar-refractivity contribution in [2.45, 2.75) is 11.1 Å². The number of rotatable bonds is 9. The zero-order valence-corrected chi connectivity index (χ0v) is 20.6. The van der Waals surface area contributed by atoms with Crippen LogP contribution < -0.4 is 14.8 Å². The summed E-state index contributed by atoms with van der Waals surface area (Å²) in [5.41, 5.74) is 1.65. The summed E-state index contributed by atoms with van der Waals surface area (Å²) in [6, 6.07) is 11.1. The molecule has 8 nitrogen and oxygen atoms in total. The van der Waals surface area contributed by atoms with Crippen molar-refractivity contribution < 1.29 is 26.7 Å². The molecule has 0 saturated heterocycles. The number of hydrogen-bond acceptors (Lipinski definition) is 8. The van der Waals surface area contributed by atoms with Crippen LogP contribution in [0.2, 0.25) is 0 Å². The molecule has 13 heteroatoms. The number of anilines is 1. The first kappa shape index (κ1) is 25.5. The van der Waals surface area contributed by atoms with E-state index in [0.29, 0.717) is 52.4 Å². The summed E-state index contributed by atoms with van der Waals surface area (Å²) in [7, 11) is 1.39. The quantitative estimate of drug-likeness (QED) is 0.134. The van der Waals surface area contributed by atoms with Crippen LogP contribution in [0, 0.1) is 5.82 Å². The maximum absolute atomic E-state index is 14.0. The van der Waals surface area contributed by atoms with E-state index in [1.807, 2.05) is 0 Å². The van der Waals surface area contributed by atoms with Crippen LogP contribution in [0.15, 0.2) is 76.5 Å². The average Bonchev–Trinajstić information content (AvgIpc) is 3.50. The van der Waals surface area contributed by atoms with Gasteiger partial charge in [-0.1, -0.05) is 0 Å². The van der Waals surface area contributed by atoms with Crippen LogP contribution in [0.25, 0.3) is 28.5 Å². The van der Waals surface area contributed by atoms with E-state index in [1.54, 1.807) is 35.0 Å². The second kappa shape index (κ2) is 10.7. The number of nitrogens with one attached hydrogen (secondary N) is 2. The van der Waals surface area contributed by atoms with Gasteiger partial charge >= 0.3 is 12.0 Å². The number of aromatic nitrogens is 4. The van der Waals surface area contributed by atoms with Crippen LogP contribution >= 0.6 is 11.9 Å². The molecule has 5 rings (SSSR count). The fourth-order valence-corrected chi connectivity index (χ4v) is 4.33. The summed E-state index contributed by atoms with van der Waals surface area (Å²) in [5.74, 6) is 0.310. The molecule has 0 radical (unpaired) electrons. The first-order valence-corrected chi connectivity index (χ1v) is 12.1. The Hall–Kier alpha value is -4.10. The molecule has 0 aliphatic heterocycles. The number of methoxy groups -OCH3 is 1. The van der Waals surface area contributed by atoms with E-state index in [2.05, 4.69) is 25.0 Å². The van der Waals surface area contributed by atoms with Crippen molar-refractivity contribution in [1.29, 1.82) is 0 Å². The molecule has 3 heterocycles. The van der Waals surface area contributed by atoms with Gasteiger partial charge < -0.3 is 14.5 Å². The fraction of sp³-hybridized carbons (Fsp3) is 0.160. The lowest BCUT2D eigenvalue weighted by Gasteiger charge is -2.10. The van der Waals surface area contributed by atoms with Gasteiger partial charge in [0.05, 0.1) is 18.4 Å². The Bertz CT molecular complexity index is 1550. The number of alkyl halides is 3. The molecule has 0 aliphatic rings. The van der Waals surface area contributed by atoms with Crippen molar-refractivity contribution >= 4 is 23.7 Å². The number of benzene rings is 2. The first-order chi connectivity index (χ1) is 18.3. The van der Waals surface area contributed by atoms with Gasteiger partial charge in [-0.2, -0.15) is 18.2 Å². The normalized spacial score (nSPS) is 11.7. The smallest absolute Gasteiger partial charge is 0.416 e. The second-order valence-corrected chi connectivity index (χ2v) is 8.89. The standard InChI is InChI=1S/C25H20F4N6O2S/c1-36-20-14-15(2-7-18(20)26)21-22(35-12-13-37-24(35)34-21)19-8-9-30-23(33-19)31-10-11-32-38-17-5-3-16(4-6-17)25(27,28)29/h2-9,12-14,32H,10-11H2,1H3,(H,30,31,33). The van der Waals surface area contributed by atoms with E-state index in [9.17, 15) is 17.6 Å². The summed E-state index contributed by atoms with van der Waals surface area (Å²) in [5, 5.41) is 3.12. The van der Waals surface area contributed by atoms with Crippen LogP contribution in [0.5, 0.6) is 5.75 Å². The summed E-state index contributed by atoms with van der Waals surface area (Å²) >= 11 is 1.22. The van der Waals surface area contributed by atoms with Crippen molar-refractivity contribution in [3.63, 3.8) is 0 Å². The molecule has 196 valence electrons. The predicted octanol–water partition coefficient (Wildman–Crippen LogP) is 5.93. The Labute approximate surface area is 218 Å². The SMILES string of the molecule is COc1cc(-c2nc3occn3c2-c2ccnc(NCCNSc3ccc(C(F)(F)F)cc3)n2)ccc1F. The van der Waals surface area contributed by atoms with Crippen LogP contribution in [-0.4, -0.2) is 39.6 Å². The minimum absolute atomic E-state index is 0.0878. The lowest BCUT2D eigenvalue weighted by molar-refractivity contribution is -0.137. The van der Waals surface area contributed by atoms with E-state index in [0.717, 1.165) is 12.1 Å². The van der Waals surface area contributed by atoms with Crippen LogP contribution in [0.4, 0.5) is 23.5 Å². The number of fused-ring (bicyclic) bond motifs is 1. The molecular formula is C25H20F4N6O2S. The number of oxazole rings is 1. The van der Waals surface area contributed by atoms with Crippen molar-refractivity contribution in [3.05, 3.63) is 78.6 Å². The molecule has 0 unspecified atom stereocenters. The van der Waals surface area contributed by atoms with Crippen LogP contribution in [-0.2, 0) is 6.18 Å². The monoisotopic (exact) mass is 544 g/mol. The molecule has 3 aromatic heterocycles. The van der Waals surface area contributed by atoms with Gasteiger partial charge in [0.2, 0.25) is 5.95 Å². The molecular weight excluding hydrogens is 524 g/mol. The highest BCUT2D eigenvalue weighted by molar-refractivity contribution is 7.97. The van der Waals surface area contributed by atoms with Crippen molar-refractivity contribution in [2.75, 3.05) is 25.5 Å². The second-order valence-electron chi connectivity index (χ2n) is 7.92. The Morgan fingerprint density at radius 1 is 1.05 bits per heavy atom. The Morgan fingerprint density at radius 3 is 2.63 bits per heavy atom. The first-order valence-electron chi connectivity index (χ1n) is 11.3. The largest absolute Gasteiger partial charge is 0.494 e. The third-order valence-corrected chi connectivity index (χ3v) is 6.32. The molecule has 0 bridgehead atoms. The third-order valence-electron chi connectivity index (χ3n) is 5.47. The molecule has 0 aliphatic carbocycles. The van der Waals surface area contributed by atoms with Gasteiger partial charge in [0.1, 0.15) is 17.7 Å². The van der Waals surface area contributed by atoms with Gasteiger partial charge in [0, 0.05) is 35.9 Å². The summed E-state index contributed by atoms with van der Waals surface area (Å²) in [4.78, 5) is 14.1. The van der Waals surface area contributed by atoms with Gasteiger partial charge in [-0.05, 0) is 60.5 Å². The highest BCUT2D eigenvalue weighted by Crippen LogP contribution is 2.35. The molecule has 0 saturated carbocycles. The molecule has 5 aromatic rings. The Morgan fingerprint density at radius 2 is 1.87 bits per heavy atom. The van der Waals surface area contributed by atoms with Gasteiger partial charge in [0.25, 0.3) is 0 Å². The molecule has 2 aromatic carbocycles. The summed E-state index contributed by atoms with van der Waals surface area (Å²) in [6.45, 7) is 0.936. The number of halogens is 4. The molecule has 2 N–H and O–H groups in total. The maximum atomic E-state index is 14.0. The zero-order chi connectivity index (χ0) is 26.7. The van der Waals surface area contributed by atoms with Crippen molar-refractivity contribution in [2.24, 2.45) is 0 Å². The zero-order valence-electron chi connectivity index (χ0n) is 19.8. The average molecular weight is 545 g/mol. The lowest BCUT2D eigenvalue weighted by atomic mass is 10.1. The summed E-state index contributed by atoms with van der Waals surface area (Å²) in [6.07, 6.45) is 0.451. The highest BCUT2D eigenvalue weighted by Gasteiger charge is 2.30. The molecule has 38 heavy (non-hydrogen) atoms. The fourth-order valence-electron chi connectivity index (χ4n) is 3.69. The van der Waals surface area contributed by atoms with Crippen molar-refractivity contribution in [1.82, 2.24) is 24.1 Å². The lowest BCUT2D eigenvalue weighted by Crippen LogP contribution is -2.17. The maximum Gasteiger partial charge on any atom is 0.416 e. The van der Waals surface area contributed by atoms with Crippen molar-refractivity contribution in [3.8, 4) is 28.4 Å². The van der Waals surface area contributed by atoms with E-state index < -0.39 is 17.6 Å². The summed E-state index contributed by atoms with van der Waals surface area (Å²) < 4.78 is 67.5. The number of nitrogens with zero attached hydrogens (tertiary/aromatic N) is 4. The minimum atomic E-state index is -4.36. The third kappa shape index (κ3) is 5.43. The van der Waals surface area contributed by atoms with Gasteiger partial charge in [-0.25, -0.2) is 14.4 Å². The van der Waals surface area contributed by atoms with E-state index >= 15 is 0 Å². The van der Waals surface area contributed by atoms with Crippen LogP contribution in [0.3, 0.4) is 0 Å². The topological polar surface area (TPSA) is 89.5 Å². The van der Waals surface area contributed by atoms with Gasteiger partial charge in [-0.15, -0.1) is 0 Å². The van der Waals surface area contributed by atoms with Gasteiger partial charge in [0.15, 0.2) is 11.6 Å². The van der Waals surface area contributed by atoms with E-state index in [1.165, 1.54) is 43.5 Å². The molecule has 0 spiro atoms.